The number of nitrogens with one attached hydrogen (secondary N) is 2. The highest BCUT2D eigenvalue weighted by Crippen LogP contribution is 2.33. The van der Waals surface area contributed by atoms with Crippen molar-refractivity contribution in [1.29, 1.82) is 0 Å². The van der Waals surface area contributed by atoms with E-state index >= 15 is 0 Å². The summed E-state index contributed by atoms with van der Waals surface area (Å²) in [6, 6.07) is 7.34. The number of nitrogens with zero attached hydrogens (tertiary/aromatic N) is 8. The number of amides is 2. The van der Waals surface area contributed by atoms with Gasteiger partial charge in [-0.2, -0.15) is 0 Å². The number of hydrogen-bond acceptors (Lipinski definition) is 12. The van der Waals surface area contributed by atoms with Crippen molar-refractivity contribution in [3.8, 4) is 45.6 Å². The van der Waals surface area contributed by atoms with E-state index in [1.807, 2.05) is 24.3 Å². The number of hydrogen-bond donors (Lipinski definition) is 2. The summed E-state index contributed by atoms with van der Waals surface area (Å²) in [5, 5.41) is 5.59. The molecule has 14 nitrogen and oxygen atoms in total. The molecule has 2 N–H and O–H groups in total. The molecular weight excluding hydrogens is 588 g/mol. The van der Waals surface area contributed by atoms with E-state index in [9.17, 15) is 9.59 Å². The van der Waals surface area contributed by atoms with E-state index in [1.165, 1.54) is 12.7 Å². The van der Waals surface area contributed by atoms with Crippen LogP contribution in [0.3, 0.4) is 0 Å². The van der Waals surface area contributed by atoms with E-state index in [0.717, 1.165) is 36.8 Å². The molecule has 2 aliphatic carbocycles. The molecular formula is C32H26N10O4. The van der Waals surface area contributed by atoms with Crippen LogP contribution < -0.4 is 10.6 Å². The SMILES string of the molecule is O=C(Nc1cnc(-c2ccncc2)c(-c2cnco2)n1)C1CC1.O=C(Nc1cnc(-c2ccncc2)c(-c2ncco2)n1)C1CC1. The second kappa shape index (κ2) is 12.8. The van der Waals surface area contributed by atoms with Gasteiger partial charge in [-0.05, 0) is 49.9 Å². The largest absolute Gasteiger partial charge is 0.443 e. The van der Waals surface area contributed by atoms with Crippen molar-refractivity contribution in [2.45, 2.75) is 25.7 Å². The first kappa shape index (κ1) is 28.6. The molecule has 228 valence electrons. The summed E-state index contributed by atoms with van der Waals surface area (Å²) in [7, 11) is 0. The highest BCUT2D eigenvalue weighted by Gasteiger charge is 2.31. The smallest absolute Gasteiger partial charge is 0.247 e. The van der Waals surface area contributed by atoms with Crippen molar-refractivity contribution in [1.82, 2.24) is 39.9 Å². The summed E-state index contributed by atoms with van der Waals surface area (Å²) in [5.41, 5.74) is 3.99. The molecule has 0 saturated heterocycles. The lowest BCUT2D eigenvalue weighted by atomic mass is 10.1. The summed E-state index contributed by atoms with van der Waals surface area (Å²) < 4.78 is 10.7. The Morgan fingerprint density at radius 3 is 1.63 bits per heavy atom. The average Bonchev–Trinajstić information content (AvgIpc) is 4.02. The van der Waals surface area contributed by atoms with Gasteiger partial charge in [0.25, 0.3) is 0 Å². The molecule has 0 bridgehead atoms. The van der Waals surface area contributed by atoms with Crippen LogP contribution in [0.4, 0.5) is 11.6 Å². The van der Waals surface area contributed by atoms with E-state index in [2.05, 4.69) is 50.5 Å². The predicted molar refractivity (Wildman–Crippen MR) is 164 cm³/mol. The number of anilines is 2. The molecule has 46 heavy (non-hydrogen) atoms. The maximum Gasteiger partial charge on any atom is 0.247 e. The third kappa shape index (κ3) is 6.65. The van der Waals surface area contributed by atoms with Gasteiger partial charge in [-0.15, -0.1) is 0 Å². The number of rotatable bonds is 8. The lowest BCUT2D eigenvalue weighted by molar-refractivity contribution is -0.118. The first-order valence-corrected chi connectivity index (χ1v) is 14.6. The van der Waals surface area contributed by atoms with Gasteiger partial charge < -0.3 is 19.5 Å². The van der Waals surface area contributed by atoms with Gasteiger partial charge in [0.1, 0.15) is 23.3 Å². The van der Waals surface area contributed by atoms with Gasteiger partial charge in [-0.1, -0.05) is 0 Å². The van der Waals surface area contributed by atoms with Crippen molar-refractivity contribution >= 4 is 23.5 Å². The monoisotopic (exact) mass is 614 g/mol. The van der Waals surface area contributed by atoms with Crippen molar-refractivity contribution < 1.29 is 18.4 Å². The lowest BCUT2D eigenvalue weighted by Crippen LogP contribution is -2.15. The topological polar surface area (TPSA) is 188 Å². The van der Waals surface area contributed by atoms with Crippen LogP contribution in [0.2, 0.25) is 0 Å². The Morgan fingerprint density at radius 1 is 0.609 bits per heavy atom. The highest BCUT2D eigenvalue weighted by atomic mass is 16.3. The molecule has 8 rings (SSSR count). The van der Waals surface area contributed by atoms with Gasteiger partial charge >= 0.3 is 0 Å². The van der Waals surface area contributed by atoms with Gasteiger partial charge in [0.05, 0.1) is 24.8 Å². The molecule has 0 unspecified atom stereocenters. The minimum atomic E-state index is -0.0192. The fraction of sp³-hybridized carbons (Fsp3) is 0.188. The second-order valence-corrected chi connectivity index (χ2v) is 10.6. The quantitative estimate of drug-likeness (QED) is 0.232. The molecule has 2 amide bonds. The summed E-state index contributed by atoms with van der Waals surface area (Å²) >= 11 is 0. The lowest BCUT2D eigenvalue weighted by Gasteiger charge is -2.09. The normalized spacial score (nSPS) is 13.7. The Hall–Kier alpha value is -6.18. The maximum absolute atomic E-state index is 11.9. The molecule has 6 aromatic heterocycles. The first-order chi connectivity index (χ1) is 22.6. The minimum absolute atomic E-state index is 0.0144. The van der Waals surface area contributed by atoms with E-state index in [0.29, 0.717) is 46.1 Å². The van der Waals surface area contributed by atoms with Crippen molar-refractivity contribution in [2.75, 3.05) is 10.6 Å². The van der Waals surface area contributed by atoms with Crippen molar-refractivity contribution in [3.05, 3.63) is 86.5 Å². The van der Waals surface area contributed by atoms with Crippen LogP contribution in [0.1, 0.15) is 25.7 Å². The van der Waals surface area contributed by atoms with Gasteiger partial charge in [0.2, 0.25) is 17.7 Å². The number of carbonyl (C=O) groups excluding carboxylic acids is 2. The third-order valence-electron chi connectivity index (χ3n) is 7.15. The van der Waals surface area contributed by atoms with Crippen LogP contribution in [-0.2, 0) is 9.59 Å². The zero-order valence-electron chi connectivity index (χ0n) is 24.3. The van der Waals surface area contributed by atoms with E-state index in [4.69, 9.17) is 8.83 Å². The molecule has 2 aliphatic rings. The van der Waals surface area contributed by atoms with Gasteiger partial charge in [-0.3, -0.25) is 19.6 Å². The Bertz CT molecular complexity index is 1800. The summed E-state index contributed by atoms with van der Waals surface area (Å²) in [6.07, 6.45) is 19.5. The highest BCUT2D eigenvalue weighted by molar-refractivity contribution is 5.94. The van der Waals surface area contributed by atoms with Crippen LogP contribution in [-0.4, -0.2) is 51.7 Å². The van der Waals surface area contributed by atoms with Gasteiger partial charge in [0.15, 0.2) is 29.5 Å². The Balaban J connectivity index is 0.000000147. The summed E-state index contributed by atoms with van der Waals surface area (Å²) in [6.45, 7) is 0. The van der Waals surface area contributed by atoms with Gasteiger partial charge in [0, 0.05) is 47.8 Å². The van der Waals surface area contributed by atoms with Crippen molar-refractivity contribution in [3.63, 3.8) is 0 Å². The predicted octanol–water partition coefficient (Wildman–Crippen LogP) is 5.08. The van der Waals surface area contributed by atoms with Crippen LogP contribution in [0, 0.1) is 11.8 Å². The zero-order valence-corrected chi connectivity index (χ0v) is 24.3. The Morgan fingerprint density at radius 2 is 1.15 bits per heavy atom. The molecule has 0 aliphatic heterocycles. The molecule has 0 spiro atoms. The molecule has 0 radical (unpaired) electrons. The number of oxazole rings is 2. The first-order valence-electron chi connectivity index (χ1n) is 14.6. The maximum atomic E-state index is 11.9. The molecule has 0 atom stereocenters. The number of carbonyl (C=O) groups is 2. The second-order valence-electron chi connectivity index (χ2n) is 10.6. The molecule has 14 heteroatoms. The summed E-state index contributed by atoms with van der Waals surface area (Å²) in [5.74, 6) is 1.82. The van der Waals surface area contributed by atoms with E-state index < -0.39 is 0 Å². The molecule has 6 aromatic rings. The Labute approximate surface area is 261 Å². The molecule has 0 aromatic carbocycles. The standard InChI is InChI=1S/2C16H13N5O2/c22-16(11-1-2-11)21-13-8-19-14(10-3-5-17-6-4-10)15(20-13)12-7-18-9-23-12;22-15(11-1-2-11)21-12-9-19-13(10-3-5-17-6-4-10)14(20-12)16-18-7-8-23-16/h2*3-9,11H,1-2H2,(H,20,21,22). The van der Waals surface area contributed by atoms with Crippen LogP contribution in [0.5, 0.6) is 0 Å². The van der Waals surface area contributed by atoms with E-state index in [1.54, 1.807) is 49.6 Å². The van der Waals surface area contributed by atoms with Crippen LogP contribution >= 0.6 is 0 Å². The fourth-order valence-electron chi connectivity index (χ4n) is 4.48. The fourth-order valence-corrected chi connectivity index (χ4v) is 4.48. The van der Waals surface area contributed by atoms with Gasteiger partial charge in [-0.25, -0.2) is 29.9 Å². The van der Waals surface area contributed by atoms with E-state index in [-0.39, 0.29) is 23.7 Å². The Kier molecular flexibility index (Phi) is 7.96. The van der Waals surface area contributed by atoms with Crippen LogP contribution in [0.15, 0.2) is 95.3 Å². The number of pyridine rings is 2. The third-order valence-corrected chi connectivity index (χ3v) is 7.15. The number of aromatic nitrogens is 8. The molecule has 2 saturated carbocycles. The zero-order chi connectivity index (χ0) is 31.3. The van der Waals surface area contributed by atoms with Crippen molar-refractivity contribution in [2.24, 2.45) is 11.8 Å². The van der Waals surface area contributed by atoms with Crippen LogP contribution in [0.25, 0.3) is 45.6 Å². The average molecular weight is 615 g/mol. The molecule has 2 fully saturated rings. The molecule has 6 heterocycles. The summed E-state index contributed by atoms with van der Waals surface area (Å²) in [4.78, 5) is 57.7. The minimum Gasteiger partial charge on any atom is -0.443 e.